The number of furan rings is 1. The lowest BCUT2D eigenvalue weighted by atomic mass is 10.1. The summed E-state index contributed by atoms with van der Waals surface area (Å²) in [5.74, 6) is -0.0129. The molecule has 0 bridgehead atoms. The SMILES string of the molecule is C=CCN(C(C)(C)C)S(=O)(=O)c1ccc(C=O)o1. The summed E-state index contributed by atoms with van der Waals surface area (Å²) >= 11 is 0. The maximum Gasteiger partial charge on any atom is 0.277 e. The van der Waals surface area contributed by atoms with Crippen molar-refractivity contribution < 1.29 is 17.6 Å². The van der Waals surface area contributed by atoms with Gasteiger partial charge in [0, 0.05) is 12.1 Å². The molecule has 0 spiro atoms. The van der Waals surface area contributed by atoms with E-state index in [4.69, 9.17) is 4.42 Å². The fourth-order valence-corrected chi connectivity index (χ4v) is 3.18. The lowest BCUT2D eigenvalue weighted by molar-refractivity contribution is 0.109. The Morgan fingerprint density at radius 1 is 1.39 bits per heavy atom. The lowest BCUT2D eigenvalue weighted by Crippen LogP contribution is -2.45. The summed E-state index contributed by atoms with van der Waals surface area (Å²) in [4.78, 5) is 10.5. The normalized spacial score (nSPS) is 12.7. The van der Waals surface area contributed by atoms with Crippen LogP contribution >= 0.6 is 0 Å². The van der Waals surface area contributed by atoms with Gasteiger partial charge in [0.05, 0.1) is 0 Å². The third-order valence-corrected chi connectivity index (χ3v) is 4.31. The van der Waals surface area contributed by atoms with Crippen LogP contribution in [0, 0.1) is 0 Å². The molecule has 0 aliphatic carbocycles. The van der Waals surface area contributed by atoms with E-state index < -0.39 is 15.6 Å². The predicted molar refractivity (Wildman–Crippen MR) is 67.9 cm³/mol. The second kappa shape index (κ2) is 5.07. The number of aldehydes is 1. The number of sulfonamides is 1. The highest BCUT2D eigenvalue weighted by atomic mass is 32.2. The molecule has 0 saturated heterocycles. The van der Waals surface area contributed by atoms with Gasteiger partial charge < -0.3 is 4.42 Å². The van der Waals surface area contributed by atoms with E-state index in [9.17, 15) is 13.2 Å². The molecule has 0 N–H and O–H groups in total. The minimum absolute atomic E-state index is 0.0129. The van der Waals surface area contributed by atoms with Gasteiger partial charge in [-0.05, 0) is 32.9 Å². The van der Waals surface area contributed by atoms with E-state index in [1.165, 1.54) is 22.5 Å². The van der Waals surface area contributed by atoms with Crippen molar-refractivity contribution >= 4 is 16.3 Å². The first-order chi connectivity index (χ1) is 8.23. The third kappa shape index (κ3) is 2.88. The summed E-state index contributed by atoms with van der Waals surface area (Å²) in [6, 6.07) is 2.61. The minimum Gasteiger partial charge on any atom is -0.440 e. The van der Waals surface area contributed by atoms with Crippen LogP contribution in [0.15, 0.2) is 34.3 Å². The Bertz CT molecular complexity index is 537. The number of hydrogen-bond donors (Lipinski definition) is 0. The van der Waals surface area contributed by atoms with Crippen LogP contribution in [0.25, 0.3) is 0 Å². The maximum absolute atomic E-state index is 12.4. The van der Waals surface area contributed by atoms with Gasteiger partial charge in [-0.3, -0.25) is 4.79 Å². The Labute approximate surface area is 107 Å². The molecule has 100 valence electrons. The van der Waals surface area contributed by atoms with Gasteiger partial charge in [0.1, 0.15) is 0 Å². The molecule has 0 unspecified atom stereocenters. The number of carbonyl (C=O) groups is 1. The molecule has 0 fully saturated rings. The topological polar surface area (TPSA) is 67.6 Å². The molecule has 18 heavy (non-hydrogen) atoms. The van der Waals surface area contributed by atoms with Gasteiger partial charge in [0.15, 0.2) is 12.0 Å². The fraction of sp³-hybridized carbons (Fsp3) is 0.417. The Kier molecular flexibility index (Phi) is 4.13. The highest BCUT2D eigenvalue weighted by Crippen LogP contribution is 2.25. The summed E-state index contributed by atoms with van der Waals surface area (Å²) in [6.07, 6.45) is 1.97. The summed E-state index contributed by atoms with van der Waals surface area (Å²) in [7, 11) is -3.77. The van der Waals surface area contributed by atoms with Gasteiger partial charge in [0.2, 0.25) is 5.09 Å². The highest BCUT2D eigenvalue weighted by Gasteiger charge is 2.35. The van der Waals surface area contributed by atoms with Gasteiger partial charge in [-0.15, -0.1) is 6.58 Å². The number of nitrogens with zero attached hydrogens (tertiary/aromatic N) is 1. The number of hydrogen-bond acceptors (Lipinski definition) is 4. The summed E-state index contributed by atoms with van der Waals surface area (Å²) < 4.78 is 31.0. The zero-order valence-corrected chi connectivity index (χ0v) is 11.5. The van der Waals surface area contributed by atoms with Crippen LogP contribution in [0.5, 0.6) is 0 Å². The lowest BCUT2D eigenvalue weighted by Gasteiger charge is -2.32. The van der Waals surface area contributed by atoms with Crippen molar-refractivity contribution in [1.82, 2.24) is 4.31 Å². The molecular weight excluding hydrogens is 254 g/mol. The first-order valence-corrected chi connectivity index (χ1v) is 6.86. The molecule has 0 atom stereocenters. The average Bonchev–Trinajstić information content (AvgIpc) is 2.73. The predicted octanol–water partition coefficient (Wildman–Crippen LogP) is 2.07. The van der Waals surface area contributed by atoms with Crippen molar-refractivity contribution in [2.75, 3.05) is 6.54 Å². The Morgan fingerprint density at radius 3 is 2.39 bits per heavy atom. The molecule has 0 aromatic carbocycles. The molecule has 1 rings (SSSR count). The third-order valence-electron chi connectivity index (χ3n) is 2.31. The molecule has 1 aromatic heterocycles. The van der Waals surface area contributed by atoms with E-state index >= 15 is 0 Å². The van der Waals surface area contributed by atoms with Crippen LogP contribution < -0.4 is 0 Å². The van der Waals surface area contributed by atoms with E-state index in [2.05, 4.69) is 6.58 Å². The number of rotatable bonds is 5. The molecule has 1 aromatic rings. The zero-order valence-electron chi connectivity index (χ0n) is 10.7. The van der Waals surface area contributed by atoms with E-state index in [1.807, 2.05) is 0 Å². The second-order valence-corrected chi connectivity index (χ2v) is 6.56. The molecule has 0 aliphatic rings. The van der Waals surface area contributed by atoms with E-state index in [1.54, 1.807) is 20.8 Å². The molecule has 6 heteroatoms. The van der Waals surface area contributed by atoms with Gasteiger partial charge >= 0.3 is 0 Å². The van der Waals surface area contributed by atoms with E-state index in [-0.39, 0.29) is 17.4 Å². The molecule has 0 radical (unpaired) electrons. The van der Waals surface area contributed by atoms with Crippen molar-refractivity contribution in [2.24, 2.45) is 0 Å². The minimum atomic E-state index is -3.77. The molecule has 1 heterocycles. The van der Waals surface area contributed by atoms with Crippen LogP contribution in [0.2, 0.25) is 0 Å². The molecule has 0 aliphatic heterocycles. The average molecular weight is 271 g/mol. The number of carbonyl (C=O) groups excluding carboxylic acids is 1. The van der Waals surface area contributed by atoms with Crippen LogP contribution in [0.1, 0.15) is 31.3 Å². The smallest absolute Gasteiger partial charge is 0.277 e. The largest absolute Gasteiger partial charge is 0.440 e. The van der Waals surface area contributed by atoms with Crippen molar-refractivity contribution in [2.45, 2.75) is 31.4 Å². The molecule has 0 saturated carbocycles. The van der Waals surface area contributed by atoms with Crippen molar-refractivity contribution in [1.29, 1.82) is 0 Å². The first kappa shape index (κ1) is 14.7. The van der Waals surface area contributed by atoms with Crippen LogP contribution in [-0.2, 0) is 10.0 Å². The first-order valence-electron chi connectivity index (χ1n) is 5.42. The highest BCUT2D eigenvalue weighted by molar-refractivity contribution is 7.89. The summed E-state index contributed by atoms with van der Waals surface area (Å²) in [5.41, 5.74) is -0.610. The van der Waals surface area contributed by atoms with Crippen molar-refractivity contribution in [3.63, 3.8) is 0 Å². The van der Waals surface area contributed by atoms with E-state index in [0.29, 0.717) is 6.29 Å². The monoisotopic (exact) mass is 271 g/mol. The van der Waals surface area contributed by atoms with Crippen LogP contribution in [0.3, 0.4) is 0 Å². The maximum atomic E-state index is 12.4. The zero-order chi connectivity index (χ0) is 14.0. The standard InChI is InChI=1S/C12H17NO4S/c1-5-8-13(12(2,3)4)18(15,16)11-7-6-10(9-14)17-11/h5-7,9H,1,8H2,2-4H3. The summed E-state index contributed by atoms with van der Waals surface area (Å²) in [6.45, 7) is 9.05. The Morgan fingerprint density at radius 2 is 2.00 bits per heavy atom. The Balaban J connectivity index is 3.25. The van der Waals surface area contributed by atoms with Crippen molar-refractivity contribution in [3.8, 4) is 0 Å². The molecular formula is C12H17NO4S. The summed E-state index contributed by atoms with van der Waals surface area (Å²) in [5, 5.41) is -0.235. The second-order valence-electron chi connectivity index (χ2n) is 4.77. The fourth-order valence-electron chi connectivity index (χ4n) is 1.49. The van der Waals surface area contributed by atoms with Crippen molar-refractivity contribution in [3.05, 3.63) is 30.5 Å². The van der Waals surface area contributed by atoms with Gasteiger partial charge in [-0.1, -0.05) is 6.08 Å². The van der Waals surface area contributed by atoms with Crippen LogP contribution in [0.4, 0.5) is 0 Å². The quantitative estimate of drug-likeness (QED) is 0.607. The van der Waals surface area contributed by atoms with E-state index in [0.717, 1.165) is 0 Å². The molecule has 5 nitrogen and oxygen atoms in total. The Hall–Kier alpha value is -1.40. The van der Waals surface area contributed by atoms with Gasteiger partial charge in [-0.2, -0.15) is 4.31 Å². The molecule has 0 amide bonds. The van der Waals surface area contributed by atoms with Gasteiger partial charge in [0.25, 0.3) is 10.0 Å². The van der Waals surface area contributed by atoms with Gasteiger partial charge in [-0.25, -0.2) is 8.42 Å². The van der Waals surface area contributed by atoms with Crippen LogP contribution in [-0.4, -0.2) is 31.1 Å².